The molecule has 1 aliphatic carbocycles. The smallest absolute Gasteiger partial charge is 0.255 e. The maximum absolute atomic E-state index is 13.0. The minimum atomic E-state index is -2.64. The number of aromatic amines is 1. The fraction of sp³-hybridized carbons (Fsp3) is 0.217. The maximum Gasteiger partial charge on any atom is 0.255 e. The Morgan fingerprint density at radius 3 is 2.66 bits per heavy atom. The van der Waals surface area contributed by atoms with E-state index in [-0.39, 0.29) is 18.7 Å². The van der Waals surface area contributed by atoms with Crippen molar-refractivity contribution in [2.45, 2.75) is 31.4 Å². The van der Waals surface area contributed by atoms with Crippen LogP contribution in [0, 0.1) is 6.07 Å². The number of H-pyrrole nitrogens is 1. The minimum Gasteiger partial charge on any atom is -0.473 e. The van der Waals surface area contributed by atoms with Gasteiger partial charge in [-0.3, -0.25) is 15.1 Å². The lowest BCUT2D eigenvalue weighted by atomic mass is 9.91. The number of rotatable bonds is 7. The van der Waals surface area contributed by atoms with Gasteiger partial charge in [-0.1, -0.05) is 30.3 Å². The van der Waals surface area contributed by atoms with Crippen molar-refractivity contribution in [3.63, 3.8) is 0 Å². The number of alkyl halides is 2. The number of pyridine rings is 1. The van der Waals surface area contributed by atoms with Gasteiger partial charge in [-0.15, -0.1) is 0 Å². The van der Waals surface area contributed by atoms with Crippen LogP contribution >= 0.6 is 0 Å². The van der Waals surface area contributed by atoms with E-state index < -0.39 is 12.0 Å². The summed E-state index contributed by atoms with van der Waals surface area (Å²) in [5.74, 6) is -1.95. The lowest BCUT2D eigenvalue weighted by Gasteiger charge is -2.34. The van der Waals surface area contributed by atoms with Gasteiger partial charge >= 0.3 is 0 Å². The molecule has 1 fully saturated rings. The van der Waals surface area contributed by atoms with Crippen LogP contribution in [0.25, 0.3) is 22.4 Å². The predicted molar refractivity (Wildman–Crippen MR) is 114 cm³/mol. The van der Waals surface area contributed by atoms with E-state index in [0.29, 0.717) is 12.4 Å². The summed E-state index contributed by atoms with van der Waals surface area (Å²) >= 11 is 0. The third-order valence-corrected chi connectivity index (χ3v) is 5.21. The van der Waals surface area contributed by atoms with Gasteiger partial charge in [0.1, 0.15) is 11.9 Å². The van der Waals surface area contributed by atoms with Gasteiger partial charge in [-0.05, 0) is 17.7 Å². The highest BCUT2D eigenvalue weighted by Gasteiger charge is 2.47. The molecule has 0 saturated heterocycles. The van der Waals surface area contributed by atoms with E-state index in [0.717, 1.165) is 28.1 Å². The zero-order valence-electron chi connectivity index (χ0n) is 16.9. The summed E-state index contributed by atoms with van der Waals surface area (Å²) in [4.78, 5) is 13.0. The molecule has 0 spiro atoms. The summed E-state index contributed by atoms with van der Waals surface area (Å²) in [7, 11) is 0. The summed E-state index contributed by atoms with van der Waals surface area (Å²) in [6.45, 7) is 0.396. The van der Waals surface area contributed by atoms with Crippen LogP contribution < -0.4 is 10.1 Å². The molecule has 32 heavy (non-hydrogen) atoms. The first-order chi connectivity index (χ1) is 15.6. The molecule has 3 aromatic heterocycles. The molecule has 7 nitrogen and oxygen atoms in total. The monoisotopic (exact) mass is 433 g/mol. The number of halogens is 2. The Bertz CT molecular complexity index is 1190. The number of nitrogens with one attached hydrogen (secondary N) is 2. The molecule has 4 aromatic rings. The van der Waals surface area contributed by atoms with Crippen molar-refractivity contribution < 1.29 is 13.5 Å². The number of anilines is 1. The second-order valence-corrected chi connectivity index (χ2v) is 7.58. The predicted octanol–water partition coefficient (Wildman–Crippen LogP) is 4.52. The minimum absolute atomic E-state index is 0.219. The molecule has 1 saturated carbocycles. The molecule has 0 bridgehead atoms. The quantitative estimate of drug-likeness (QED) is 0.446. The van der Waals surface area contributed by atoms with Gasteiger partial charge in [0, 0.05) is 30.2 Å². The first kappa shape index (κ1) is 20.0. The van der Waals surface area contributed by atoms with Crippen molar-refractivity contribution in [3.8, 4) is 28.3 Å². The standard InChI is InChI=1S/C23H19F2N6O/c24-23(25)8-17(9-23)32-22-14-26-13-21(30-22)28-12-20-18(11-29-31-20)19-7-6-16(10-27-19)15-4-2-1-3-5-15/h2-7,10-11,13-14,17H,8-9,12H2,(H,28,30)(H,29,31). The van der Waals surface area contributed by atoms with Crippen LogP contribution in [0.15, 0.2) is 61.2 Å². The van der Waals surface area contributed by atoms with Crippen molar-refractivity contribution in [2.24, 2.45) is 0 Å². The van der Waals surface area contributed by atoms with Gasteiger partial charge in [0.2, 0.25) is 5.88 Å². The van der Waals surface area contributed by atoms with E-state index >= 15 is 0 Å². The maximum atomic E-state index is 13.0. The van der Waals surface area contributed by atoms with Crippen LogP contribution in [-0.2, 0) is 6.54 Å². The number of ether oxygens (including phenoxy) is 1. The number of hydrogen-bond acceptors (Lipinski definition) is 6. The van der Waals surface area contributed by atoms with E-state index in [9.17, 15) is 8.78 Å². The molecular weight excluding hydrogens is 414 g/mol. The zero-order chi connectivity index (χ0) is 22.0. The van der Waals surface area contributed by atoms with Gasteiger partial charge in [0.25, 0.3) is 5.92 Å². The Kier molecular flexibility index (Phi) is 5.22. The Balaban J connectivity index is 1.24. The Morgan fingerprint density at radius 2 is 1.91 bits per heavy atom. The topological polar surface area (TPSA) is 88.6 Å². The molecule has 0 amide bonds. The van der Waals surface area contributed by atoms with Crippen LogP contribution in [0.3, 0.4) is 0 Å². The van der Waals surface area contributed by atoms with E-state index in [1.54, 1.807) is 12.4 Å². The second-order valence-electron chi connectivity index (χ2n) is 7.58. The fourth-order valence-electron chi connectivity index (χ4n) is 3.50. The molecule has 3 heterocycles. The first-order valence-electron chi connectivity index (χ1n) is 10.1. The third-order valence-electron chi connectivity index (χ3n) is 5.21. The van der Waals surface area contributed by atoms with E-state index in [2.05, 4.69) is 36.5 Å². The summed E-state index contributed by atoms with van der Waals surface area (Å²) < 4.78 is 31.5. The molecule has 9 heteroatoms. The molecule has 1 radical (unpaired) electrons. The molecule has 1 aliphatic rings. The number of aromatic nitrogens is 5. The Morgan fingerprint density at radius 1 is 1.06 bits per heavy atom. The van der Waals surface area contributed by atoms with Crippen LogP contribution in [0.4, 0.5) is 14.6 Å². The summed E-state index contributed by atoms with van der Waals surface area (Å²) in [6, 6.07) is 14.7. The van der Waals surface area contributed by atoms with Crippen molar-refractivity contribution >= 4 is 5.82 Å². The van der Waals surface area contributed by atoms with Crippen LogP contribution in [-0.4, -0.2) is 37.2 Å². The van der Waals surface area contributed by atoms with Crippen molar-refractivity contribution in [2.75, 3.05) is 5.32 Å². The average molecular weight is 433 g/mol. The zero-order valence-corrected chi connectivity index (χ0v) is 16.9. The molecule has 0 unspecified atom stereocenters. The fourth-order valence-corrected chi connectivity index (χ4v) is 3.50. The number of nitrogens with zero attached hydrogens (tertiary/aromatic N) is 4. The van der Waals surface area contributed by atoms with Gasteiger partial charge in [0.15, 0.2) is 0 Å². The van der Waals surface area contributed by atoms with Gasteiger partial charge < -0.3 is 10.1 Å². The highest BCUT2D eigenvalue weighted by Crippen LogP contribution is 2.39. The Labute approximate surface area is 182 Å². The van der Waals surface area contributed by atoms with Gasteiger partial charge in [-0.25, -0.2) is 8.78 Å². The van der Waals surface area contributed by atoms with Crippen LogP contribution in [0.5, 0.6) is 5.88 Å². The van der Waals surface area contributed by atoms with Crippen LogP contribution in [0.2, 0.25) is 0 Å². The summed E-state index contributed by atoms with van der Waals surface area (Å²) in [6.07, 6.45) is 5.39. The normalized spacial score (nSPS) is 15.2. The average Bonchev–Trinajstić information content (AvgIpc) is 3.26. The van der Waals surface area contributed by atoms with Crippen LogP contribution in [0.1, 0.15) is 18.5 Å². The number of benzene rings is 1. The van der Waals surface area contributed by atoms with Crippen molar-refractivity contribution in [1.82, 2.24) is 25.1 Å². The third kappa shape index (κ3) is 4.41. The SMILES string of the molecule is FC1(F)CC(Oc2cncc(NCc3[nH]ncc3-c3ccc(-c4cc[c]cc4)cn3)n2)C1. The summed E-state index contributed by atoms with van der Waals surface area (Å²) in [5, 5.41) is 10.3. The molecule has 161 valence electrons. The van der Waals surface area contributed by atoms with Gasteiger partial charge in [-0.2, -0.15) is 10.1 Å². The largest absolute Gasteiger partial charge is 0.473 e. The van der Waals surface area contributed by atoms with E-state index in [4.69, 9.17) is 4.74 Å². The highest BCUT2D eigenvalue weighted by atomic mass is 19.3. The lowest BCUT2D eigenvalue weighted by Crippen LogP contribution is -2.43. The lowest BCUT2D eigenvalue weighted by molar-refractivity contribution is -0.135. The first-order valence-corrected chi connectivity index (χ1v) is 10.1. The molecular formula is C23H19F2N6O. The number of hydrogen-bond donors (Lipinski definition) is 2. The van der Waals surface area contributed by atoms with Crippen molar-refractivity contribution in [1.29, 1.82) is 0 Å². The second kappa shape index (κ2) is 8.33. The van der Waals surface area contributed by atoms with E-state index in [1.807, 2.05) is 42.6 Å². The van der Waals surface area contributed by atoms with Crippen molar-refractivity contribution in [3.05, 3.63) is 72.9 Å². The van der Waals surface area contributed by atoms with Gasteiger partial charge in [0.05, 0.1) is 36.5 Å². The molecule has 0 atom stereocenters. The molecule has 5 rings (SSSR count). The summed E-state index contributed by atoms with van der Waals surface area (Å²) in [5.41, 5.74) is 4.56. The Hall–Kier alpha value is -3.88. The highest BCUT2D eigenvalue weighted by molar-refractivity contribution is 5.67. The molecule has 0 aliphatic heterocycles. The van der Waals surface area contributed by atoms with E-state index in [1.165, 1.54) is 6.20 Å². The molecule has 1 aromatic carbocycles. The molecule has 2 N–H and O–H groups in total.